The van der Waals surface area contributed by atoms with E-state index in [1.165, 1.54) is 14.2 Å². The summed E-state index contributed by atoms with van der Waals surface area (Å²) in [5.74, 6) is 1.13. The van der Waals surface area contributed by atoms with E-state index in [4.69, 9.17) is 25.2 Å². The molecule has 0 saturated heterocycles. The van der Waals surface area contributed by atoms with Crippen molar-refractivity contribution in [3.8, 4) is 5.88 Å². The summed E-state index contributed by atoms with van der Waals surface area (Å²) in [5, 5.41) is 3.25. The maximum absolute atomic E-state index is 12.1. The smallest absolute Gasteiger partial charge is 0.257 e. The van der Waals surface area contributed by atoms with E-state index in [0.29, 0.717) is 36.7 Å². The molecule has 0 amide bonds. The number of carbonyl (C=O) groups is 1. The lowest BCUT2D eigenvalue weighted by molar-refractivity contribution is -0.128. The Kier molecular flexibility index (Phi) is 8.16. The van der Waals surface area contributed by atoms with Crippen molar-refractivity contribution in [2.45, 2.75) is 53.6 Å². The number of anilines is 2. The predicted octanol–water partition coefficient (Wildman–Crippen LogP) is 3.66. The van der Waals surface area contributed by atoms with Crippen LogP contribution in [-0.2, 0) is 9.53 Å². The Labute approximate surface area is 206 Å². The number of nitrogens with zero attached hydrogens (tertiary/aromatic N) is 5. The van der Waals surface area contributed by atoms with Gasteiger partial charge < -0.3 is 20.5 Å². The predicted molar refractivity (Wildman–Crippen MR) is 137 cm³/mol. The molecule has 0 saturated carbocycles. The molecule has 0 radical (unpaired) electrons. The highest BCUT2D eigenvalue weighted by Gasteiger charge is 2.30. The molecule has 188 valence electrons. The first-order valence-corrected chi connectivity index (χ1v) is 11.6. The van der Waals surface area contributed by atoms with Crippen LogP contribution in [0.3, 0.4) is 0 Å². The van der Waals surface area contributed by atoms with Gasteiger partial charge in [-0.05, 0) is 18.9 Å². The minimum atomic E-state index is -0.406. The third-order valence-electron chi connectivity index (χ3n) is 5.88. The number of ketones is 1. The quantitative estimate of drug-likeness (QED) is 0.520. The number of hydrogen-bond donors (Lipinski definition) is 2. The van der Waals surface area contributed by atoms with Gasteiger partial charge in [-0.3, -0.25) is 9.79 Å². The minimum absolute atomic E-state index is 0.0733. The van der Waals surface area contributed by atoms with Gasteiger partial charge in [0.25, 0.3) is 5.88 Å². The lowest BCUT2D eigenvalue weighted by Crippen LogP contribution is -2.24. The molecule has 2 aromatic heterocycles. The van der Waals surface area contributed by atoms with Gasteiger partial charge in [0.1, 0.15) is 11.8 Å². The van der Waals surface area contributed by atoms with Crippen LogP contribution < -0.4 is 15.8 Å². The Hall–Kier alpha value is -3.40. The van der Waals surface area contributed by atoms with Gasteiger partial charge in [-0.2, -0.15) is 0 Å². The minimum Gasteiger partial charge on any atom is -0.478 e. The van der Waals surface area contributed by atoms with Crippen LogP contribution in [-0.4, -0.2) is 58.3 Å². The van der Waals surface area contributed by atoms with Gasteiger partial charge in [0.2, 0.25) is 5.95 Å². The van der Waals surface area contributed by atoms with Gasteiger partial charge in [-0.1, -0.05) is 27.7 Å². The van der Waals surface area contributed by atoms with Crippen molar-refractivity contribution in [1.29, 1.82) is 0 Å². The number of Topliss-reactive ketones (excluding diaryl/α,β-unsaturated/α-hetero) is 1. The molecule has 3 rings (SSSR count). The number of aliphatic imine (C=N–C) groups is 1. The summed E-state index contributed by atoms with van der Waals surface area (Å²) in [6.45, 7) is 10.7. The largest absolute Gasteiger partial charge is 0.478 e. The van der Waals surface area contributed by atoms with Gasteiger partial charge >= 0.3 is 0 Å². The highest BCUT2D eigenvalue weighted by molar-refractivity contribution is 6.11. The molecular weight excluding hydrogens is 446 g/mol. The van der Waals surface area contributed by atoms with Crippen LogP contribution in [0.2, 0.25) is 0 Å². The summed E-state index contributed by atoms with van der Waals surface area (Å²) in [4.78, 5) is 34.9. The molecule has 2 aromatic rings. The van der Waals surface area contributed by atoms with Crippen molar-refractivity contribution in [2.24, 2.45) is 16.3 Å². The maximum Gasteiger partial charge on any atom is 0.257 e. The van der Waals surface area contributed by atoms with Gasteiger partial charge in [0.05, 0.1) is 24.7 Å². The van der Waals surface area contributed by atoms with Crippen LogP contribution in [0.15, 0.2) is 23.5 Å². The van der Waals surface area contributed by atoms with Gasteiger partial charge in [0.15, 0.2) is 11.6 Å². The first kappa shape index (κ1) is 26.2. The number of aromatic nitrogens is 4. The summed E-state index contributed by atoms with van der Waals surface area (Å²) in [7, 11) is 3.04. The zero-order valence-electron chi connectivity index (χ0n) is 21.5. The number of nitrogens with one attached hydrogen (secondary N) is 1. The Bertz CT molecular complexity index is 1140. The molecule has 3 heterocycles. The van der Waals surface area contributed by atoms with Crippen LogP contribution in [0, 0.1) is 11.3 Å². The van der Waals surface area contributed by atoms with Gasteiger partial charge in [-0.15, -0.1) is 0 Å². The zero-order chi connectivity index (χ0) is 25.8. The average Bonchev–Trinajstić information content (AvgIpc) is 3.29. The van der Waals surface area contributed by atoms with Crippen LogP contribution in [0.1, 0.15) is 58.8 Å². The number of rotatable bonds is 10. The highest BCUT2D eigenvalue weighted by atomic mass is 16.5. The topological polar surface area (TPSA) is 138 Å². The molecule has 0 aliphatic carbocycles. The zero-order valence-corrected chi connectivity index (χ0v) is 21.5. The third-order valence-corrected chi connectivity index (χ3v) is 5.88. The summed E-state index contributed by atoms with van der Waals surface area (Å²) in [6, 6.07) is 1.86. The van der Waals surface area contributed by atoms with Crippen molar-refractivity contribution in [1.82, 2.24) is 19.9 Å². The fourth-order valence-electron chi connectivity index (χ4n) is 3.59. The standard InChI is InChI=1S/C25H35N7O3/c1-14(10-19(33)15(2)34-6)12-29-24-27-9-8-17(31-24)16-11-20(25(3,4)5)32-21(16)18-13-28-22(26)23(30-18)35-7/h8-9,13-15H,10-12H2,1-7H3,(H2,26,28)(H,27,29,31)/t14-,15+/m1/s1. The second-order valence-electron chi connectivity index (χ2n) is 9.76. The summed E-state index contributed by atoms with van der Waals surface area (Å²) in [5.41, 5.74) is 9.69. The number of carbonyl (C=O) groups excluding carboxylic acids is 1. The van der Waals surface area contributed by atoms with E-state index in [1.807, 2.05) is 13.0 Å². The van der Waals surface area contributed by atoms with Crippen LogP contribution in [0.5, 0.6) is 5.88 Å². The monoisotopic (exact) mass is 481 g/mol. The summed E-state index contributed by atoms with van der Waals surface area (Å²) in [6.07, 6.45) is 3.95. The molecular formula is C25H35N7O3. The maximum atomic E-state index is 12.1. The Morgan fingerprint density at radius 1 is 1.17 bits per heavy atom. The molecule has 10 nitrogen and oxygen atoms in total. The van der Waals surface area contributed by atoms with Crippen LogP contribution in [0.25, 0.3) is 11.3 Å². The van der Waals surface area contributed by atoms with E-state index < -0.39 is 6.10 Å². The molecule has 1 aliphatic rings. The molecule has 0 aromatic carbocycles. The Morgan fingerprint density at radius 3 is 2.57 bits per heavy atom. The molecule has 0 spiro atoms. The third kappa shape index (κ3) is 6.39. The average molecular weight is 482 g/mol. The van der Waals surface area contributed by atoms with Crippen LogP contribution in [0.4, 0.5) is 11.8 Å². The lowest BCUT2D eigenvalue weighted by Gasteiger charge is -2.18. The van der Waals surface area contributed by atoms with E-state index in [9.17, 15) is 4.79 Å². The number of ether oxygens (including phenoxy) is 2. The van der Waals surface area contributed by atoms with Crippen LogP contribution >= 0.6 is 0 Å². The van der Waals surface area contributed by atoms with E-state index in [-0.39, 0.29) is 28.8 Å². The second kappa shape index (κ2) is 10.9. The first-order valence-electron chi connectivity index (χ1n) is 11.6. The molecule has 3 N–H and O–H groups in total. The fourth-order valence-corrected chi connectivity index (χ4v) is 3.59. The highest BCUT2D eigenvalue weighted by Crippen LogP contribution is 2.39. The van der Waals surface area contributed by atoms with Gasteiger partial charge in [-0.25, -0.2) is 19.9 Å². The lowest BCUT2D eigenvalue weighted by atomic mass is 9.86. The second-order valence-corrected chi connectivity index (χ2v) is 9.76. The molecule has 35 heavy (non-hydrogen) atoms. The van der Waals surface area contributed by atoms with E-state index in [2.05, 4.69) is 41.0 Å². The summed E-state index contributed by atoms with van der Waals surface area (Å²) < 4.78 is 10.4. The molecule has 0 unspecified atom stereocenters. The van der Waals surface area contributed by atoms with Crippen molar-refractivity contribution < 1.29 is 14.3 Å². The molecule has 1 aliphatic heterocycles. The van der Waals surface area contributed by atoms with Gasteiger partial charge in [0, 0.05) is 49.4 Å². The summed E-state index contributed by atoms with van der Waals surface area (Å²) >= 11 is 0. The number of methoxy groups -OCH3 is 2. The SMILES string of the molecule is COc1nc(C2=C(c3ccnc(NC[C@H](C)CC(=O)[C@H](C)OC)n3)CC(C(C)(C)C)=N2)cnc1N. The van der Waals surface area contributed by atoms with E-state index in [1.54, 1.807) is 19.3 Å². The molecule has 2 atom stereocenters. The Balaban J connectivity index is 1.87. The molecule has 0 bridgehead atoms. The Morgan fingerprint density at radius 2 is 1.91 bits per heavy atom. The number of nitrogens with two attached hydrogens (primary N) is 1. The van der Waals surface area contributed by atoms with E-state index in [0.717, 1.165) is 17.0 Å². The van der Waals surface area contributed by atoms with Crippen molar-refractivity contribution in [3.63, 3.8) is 0 Å². The number of nitrogen functional groups attached to an aromatic ring is 1. The molecule has 10 heteroatoms. The van der Waals surface area contributed by atoms with E-state index >= 15 is 0 Å². The number of allylic oxidation sites excluding steroid dienone is 1. The van der Waals surface area contributed by atoms with Crippen molar-refractivity contribution in [2.75, 3.05) is 31.8 Å². The molecule has 0 fully saturated rings. The normalized spacial score (nSPS) is 15.6. The van der Waals surface area contributed by atoms with Crippen molar-refractivity contribution >= 4 is 34.5 Å². The first-order chi connectivity index (χ1) is 16.5. The van der Waals surface area contributed by atoms with Crippen molar-refractivity contribution in [3.05, 3.63) is 29.8 Å². The number of hydrogen-bond acceptors (Lipinski definition) is 10. The fraction of sp³-hybridized carbons (Fsp3) is 0.520.